The highest BCUT2D eigenvalue weighted by molar-refractivity contribution is 5.43. The summed E-state index contributed by atoms with van der Waals surface area (Å²) >= 11 is 0. The molecule has 0 saturated heterocycles. The number of benzene rings is 2. The largest absolute Gasteiger partial charge is 0.594 e. The van der Waals surface area contributed by atoms with E-state index in [1.54, 1.807) is 12.1 Å². The van der Waals surface area contributed by atoms with Gasteiger partial charge < -0.3 is 5.21 Å². The Hall–Kier alpha value is -2.76. The highest BCUT2D eigenvalue weighted by Crippen LogP contribution is 2.20. The van der Waals surface area contributed by atoms with Crippen molar-refractivity contribution in [3.8, 4) is 0 Å². The van der Waals surface area contributed by atoms with Crippen LogP contribution >= 0.6 is 0 Å². The molecule has 0 heterocycles. The fraction of sp³-hybridized carbons (Fsp3) is 0.0769. The summed E-state index contributed by atoms with van der Waals surface area (Å²) in [5.41, 5.74) is 1.78. The molecule has 0 aliphatic rings. The van der Waals surface area contributed by atoms with Gasteiger partial charge in [-0.05, 0) is 19.1 Å². The SMILES string of the molecule is Cc1ccc([N+]([O-])=Nc2ccc([N+](=O)[O-])cc2)cc1. The fourth-order valence-corrected chi connectivity index (χ4v) is 1.48. The minimum Gasteiger partial charge on any atom is -0.594 e. The quantitative estimate of drug-likeness (QED) is 0.362. The van der Waals surface area contributed by atoms with Gasteiger partial charge in [-0.15, -0.1) is 0 Å². The van der Waals surface area contributed by atoms with Crippen LogP contribution in [0.5, 0.6) is 0 Å². The summed E-state index contributed by atoms with van der Waals surface area (Å²) in [5.74, 6) is 0. The lowest BCUT2D eigenvalue weighted by atomic mass is 10.2. The van der Waals surface area contributed by atoms with E-state index in [4.69, 9.17) is 0 Å². The summed E-state index contributed by atoms with van der Waals surface area (Å²) in [7, 11) is 0. The Kier molecular flexibility index (Phi) is 3.51. The van der Waals surface area contributed by atoms with Crippen LogP contribution < -0.4 is 0 Å². The first kappa shape index (κ1) is 12.7. The minimum atomic E-state index is -0.501. The van der Waals surface area contributed by atoms with E-state index in [0.717, 1.165) is 5.56 Å². The summed E-state index contributed by atoms with van der Waals surface area (Å²) < 4.78 is 0. The molecule has 2 aromatic rings. The Bertz CT molecular complexity index is 619. The van der Waals surface area contributed by atoms with Crippen LogP contribution in [-0.2, 0) is 0 Å². The molecular formula is C13H11N3O3. The van der Waals surface area contributed by atoms with Crippen molar-refractivity contribution < 1.29 is 9.78 Å². The molecule has 0 amide bonds. The van der Waals surface area contributed by atoms with E-state index in [9.17, 15) is 15.3 Å². The predicted octanol–water partition coefficient (Wildman–Crippen LogP) is 3.83. The van der Waals surface area contributed by atoms with Gasteiger partial charge in [0, 0.05) is 29.4 Å². The maximum Gasteiger partial charge on any atom is 0.269 e. The highest BCUT2D eigenvalue weighted by atomic mass is 16.6. The number of aryl methyl sites for hydroxylation is 1. The summed E-state index contributed by atoms with van der Waals surface area (Å²) in [6.45, 7) is 1.92. The van der Waals surface area contributed by atoms with Crippen LogP contribution in [0, 0.1) is 22.2 Å². The number of rotatable bonds is 3. The average molecular weight is 257 g/mol. The molecule has 6 heteroatoms. The molecule has 0 aliphatic carbocycles. The lowest BCUT2D eigenvalue weighted by Crippen LogP contribution is -1.90. The zero-order valence-corrected chi connectivity index (χ0v) is 10.2. The van der Waals surface area contributed by atoms with Gasteiger partial charge in [-0.3, -0.25) is 10.1 Å². The average Bonchev–Trinajstić information content (AvgIpc) is 2.40. The van der Waals surface area contributed by atoms with Crippen molar-refractivity contribution in [2.45, 2.75) is 6.92 Å². The van der Waals surface area contributed by atoms with Crippen LogP contribution in [0.4, 0.5) is 17.1 Å². The smallest absolute Gasteiger partial charge is 0.269 e. The van der Waals surface area contributed by atoms with E-state index in [1.807, 2.05) is 19.1 Å². The van der Waals surface area contributed by atoms with E-state index in [2.05, 4.69) is 5.11 Å². The fourth-order valence-electron chi connectivity index (χ4n) is 1.48. The molecule has 0 spiro atoms. The Morgan fingerprint density at radius 1 is 0.895 bits per heavy atom. The third kappa shape index (κ3) is 3.12. The summed E-state index contributed by atoms with van der Waals surface area (Å²) in [6.07, 6.45) is 0. The van der Waals surface area contributed by atoms with Crippen LogP contribution in [0.25, 0.3) is 0 Å². The van der Waals surface area contributed by atoms with Crippen LogP contribution in [-0.4, -0.2) is 9.78 Å². The third-order valence-corrected chi connectivity index (χ3v) is 2.52. The van der Waals surface area contributed by atoms with E-state index in [0.29, 0.717) is 16.2 Å². The Morgan fingerprint density at radius 3 is 1.95 bits per heavy atom. The molecular weight excluding hydrogens is 246 g/mol. The maximum atomic E-state index is 11.8. The molecule has 19 heavy (non-hydrogen) atoms. The zero-order valence-electron chi connectivity index (χ0n) is 10.2. The number of nitrogens with zero attached hydrogens (tertiary/aromatic N) is 3. The third-order valence-electron chi connectivity index (χ3n) is 2.52. The topological polar surface area (TPSA) is 81.6 Å². The molecule has 6 nitrogen and oxygen atoms in total. The summed E-state index contributed by atoms with van der Waals surface area (Å²) in [6, 6.07) is 12.4. The summed E-state index contributed by atoms with van der Waals surface area (Å²) in [5, 5.41) is 26.1. The monoisotopic (exact) mass is 257 g/mol. The molecule has 0 atom stereocenters. The van der Waals surface area contributed by atoms with Gasteiger partial charge in [0.2, 0.25) is 5.69 Å². The molecule has 0 radical (unpaired) electrons. The molecule has 0 unspecified atom stereocenters. The van der Waals surface area contributed by atoms with Crippen molar-refractivity contribution >= 4 is 17.1 Å². The van der Waals surface area contributed by atoms with Gasteiger partial charge in [-0.25, -0.2) is 0 Å². The van der Waals surface area contributed by atoms with Crippen LogP contribution in [0.15, 0.2) is 53.6 Å². The molecule has 0 aliphatic heterocycles. The first-order chi connectivity index (χ1) is 9.06. The molecule has 0 aromatic heterocycles. The van der Waals surface area contributed by atoms with Gasteiger partial charge in [0.25, 0.3) is 5.69 Å². The molecule has 96 valence electrons. The van der Waals surface area contributed by atoms with Crippen molar-refractivity contribution in [1.82, 2.24) is 0 Å². The van der Waals surface area contributed by atoms with Gasteiger partial charge in [-0.1, -0.05) is 22.6 Å². The van der Waals surface area contributed by atoms with Crippen molar-refractivity contribution in [3.05, 3.63) is 69.4 Å². The van der Waals surface area contributed by atoms with E-state index in [-0.39, 0.29) is 5.69 Å². The second-order valence-electron chi connectivity index (χ2n) is 3.98. The number of azo groups is 1. The first-order valence-corrected chi connectivity index (χ1v) is 5.56. The first-order valence-electron chi connectivity index (χ1n) is 5.56. The molecule has 2 rings (SSSR count). The zero-order chi connectivity index (χ0) is 13.8. The molecule has 2 aromatic carbocycles. The van der Waals surface area contributed by atoms with Crippen LogP contribution in [0.3, 0.4) is 0 Å². The van der Waals surface area contributed by atoms with Gasteiger partial charge in [-0.2, -0.15) is 0 Å². The molecule has 0 N–H and O–H groups in total. The summed E-state index contributed by atoms with van der Waals surface area (Å²) in [4.78, 5) is 10.5. The van der Waals surface area contributed by atoms with Gasteiger partial charge >= 0.3 is 0 Å². The standard InChI is InChI=1S/C13H11N3O3/c1-10-2-6-12(7-3-10)15(17)14-11-4-8-13(9-5-11)16(18)19/h2-9H,1H3. The van der Waals surface area contributed by atoms with Gasteiger partial charge in [0.15, 0.2) is 0 Å². The van der Waals surface area contributed by atoms with Crippen molar-refractivity contribution in [1.29, 1.82) is 0 Å². The molecule has 0 saturated carbocycles. The van der Waals surface area contributed by atoms with E-state index < -0.39 is 4.92 Å². The maximum absolute atomic E-state index is 11.8. The number of non-ortho nitro benzene ring substituents is 1. The van der Waals surface area contributed by atoms with Crippen molar-refractivity contribution in [3.63, 3.8) is 0 Å². The lowest BCUT2D eigenvalue weighted by molar-refractivity contribution is -0.435. The number of nitro benzene ring substituents is 1. The number of hydrogen-bond acceptors (Lipinski definition) is 4. The second-order valence-corrected chi connectivity index (χ2v) is 3.98. The normalized spacial score (nSPS) is 11.3. The number of hydrogen-bond donors (Lipinski definition) is 0. The lowest BCUT2D eigenvalue weighted by Gasteiger charge is -2.00. The Balaban J connectivity index is 2.25. The number of nitro groups is 1. The molecule has 0 fully saturated rings. The Labute approximate surface area is 109 Å². The second kappa shape index (κ2) is 5.26. The van der Waals surface area contributed by atoms with E-state index in [1.165, 1.54) is 24.3 Å². The van der Waals surface area contributed by atoms with Gasteiger partial charge in [0.05, 0.1) is 4.92 Å². The van der Waals surface area contributed by atoms with Crippen LogP contribution in [0.1, 0.15) is 5.56 Å². The minimum absolute atomic E-state index is 0.0354. The molecule has 0 bridgehead atoms. The Morgan fingerprint density at radius 2 is 1.42 bits per heavy atom. The van der Waals surface area contributed by atoms with Crippen molar-refractivity contribution in [2.75, 3.05) is 0 Å². The van der Waals surface area contributed by atoms with Crippen LogP contribution in [0.2, 0.25) is 0 Å². The van der Waals surface area contributed by atoms with Crippen molar-refractivity contribution in [2.24, 2.45) is 5.11 Å². The predicted molar refractivity (Wildman–Crippen MR) is 69.7 cm³/mol. The van der Waals surface area contributed by atoms with Gasteiger partial charge in [0.1, 0.15) is 5.69 Å². The highest BCUT2D eigenvalue weighted by Gasteiger charge is 2.06. The van der Waals surface area contributed by atoms with E-state index >= 15 is 0 Å².